The van der Waals surface area contributed by atoms with Gasteiger partial charge in [0.25, 0.3) is 5.91 Å². The van der Waals surface area contributed by atoms with Crippen LogP contribution in [-0.4, -0.2) is 29.7 Å². The lowest BCUT2D eigenvalue weighted by atomic mass is 9.89. The van der Waals surface area contributed by atoms with Gasteiger partial charge in [-0.15, -0.1) is 11.3 Å². The predicted octanol–water partition coefficient (Wildman–Crippen LogP) is 4.35. The number of hydrogen-bond acceptors (Lipinski definition) is 3. The lowest BCUT2D eigenvalue weighted by Crippen LogP contribution is -2.40. The molecule has 1 amide bonds. The highest BCUT2D eigenvalue weighted by molar-refractivity contribution is 7.14. The van der Waals surface area contributed by atoms with Gasteiger partial charge in [0, 0.05) is 29.4 Å². The quantitative estimate of drug-likeness (QED) is 0.775. The number of Topliss-reactive ketones (excluding diaryl/α,β-unsaturated/α-hetero) is 1. The highest BCUT2D eigenvalue weighted by atomic mass is 32.1. The summed E-state index contributed by atoms with van der Waals surface area (Å²) in [5.74, 6) is 0.365. The van der Waals surface area contributed by atoms with Crippen LogP contribution in [0.1, 0.15) is 50.2 Å². The molecule has 4 heteroatoms. The third kappa shape index (κ3) is 3.44. The van der Waals surface area contributed by atoms with E-state index in [1.165, 1.54) is 10.4 Å². The summed E-state index contributed by atoms with van der Waals surface area (Å²) in [6, 6.07) is 11.5. The van der Waals surface area contributed by atoms with Crippen LogP contribution in [0.5, 0.6) is 0 Å². The van der Waals surface area contributed by atoms with Gasteiger partial charge >= 0.3 is 0 Å². The van der Waals surface area contributed by atoms with Crippen LogP contribution in [0.3, 0.4) is 0 Å². The summed E-state index contributed by atoms with van der Waals surface area (Å²) in [4.78, 5) is 29.2. The number of likely N-dealkylation sites (tertiary alicyclic amines) is 1. The number of aryl methyl sites for hydroxylation is 2. The van der Waals surface area contributed by atoms with Crippen molar-refractivity contribution >= 4 is 23.0 Å². The Morgan fingerprint density at radius 2 is 1.83 bits per heavy atom. The zero-order chi connectivity index (χ0) is 17.1. The molecule has 24 heavy (non-hydrogen) atoms. The van der Waals surface area contributed by atoms with Crippen molar-refractivity contribution in [1.29, 1.82) is 0 Å². The number of hydrogen-bond donors (Lipinski definition) is 0. The Bertz CT molecular complexity index is 727. The first-order chi connectivity index (χ1) is 11.6. The molecule has 3 rings (SSSR count). The molecule has 1 aromatic carbocycles. The van der Waals surface area contributed by atoms with Gasteiger partial charge in [-0.25, -0.2) is 0 Å². The lowest BCUT2D eigenvalue weighted by molar-refractivity contribution is 0.0654. The average molecular weight is 341 g/mol. The van der Waals surface area contributed by atoms with E-state index in [1.807, 2.05) is 41.3 Å². The van der Waals surface area contributed by atoms with Crippen molar-refractivity contribution in [1.82, 2.24) is 4.90 Å². The number of nitrogens with zero attached hydrogens (tertiary/aromatic N) is 1. The van der Waals surface area contributed by atoms with Crippen LogP contribution in [0.4, 0.5) is 0 Å². The van der Waals surface area contributed by atoms with E-state index in [9.17, 15) is 9.59 Å². The van der Waals surface area contributed by atoms with E-state index < -0.39 is 0 Å². The monoisotopic (exact) mass is 341 g/mol. The summed E-state index contributed by atoms with van der Waals surface area (Å²) in [6.45, 7) is 5.52. The number of rotatable bonds is 4. The molecule has 1 saturated heterocycles. The van der Waals surface area contributed by atoms with Crippen molar-refractivity contribution in [2.75, 3.05) is 13.1 Å². The second-order valence-electron chi connectivity index (χ2n) is 6.34. The highest BCUT2D eigenvalue weighted by Gasteiger charge is 2.29. The first-order valence-corrected chi connectivity index (χ1v) is 9.39. The molecule has 1 aliphatic rings. The molecule has 2 aromatic rings. The van der Waals surface area contributed by atoms with Crippen molar-refractivity contribution < 1.29 is 9.59 Å². The SMILES string of the molecule is CCc1cc(C(=O)N2CCC(C(=O)c3ccccc3)CC2)sc1C. The van der Waals surface area contributed by atoms with Gasteiger partial charge in [0.1, 0.15) is 0 Å². The Labute approximate surface area is 147 Å². The number of amides is 1. The molecule has 2 heterocycles. The fourth-order valence-electron chi connectivity index (χ4n) is 3.31. The van der Waals surface area contributed by atoms with Crippen molar-refractivity contribution in [2.24, 2.45) is 5.92 Å². The molecule has 3 nitrogen and oxygen atoms in total. The summed E-state index contributed by atoms with van der Waals surface area (Å²) < 4.78 is 0. The van der Waals surface area contributed by atoms with Crippen molar-refractivity contribution in [3.05, 3.63) is 57.3 Å². The maximum Gasteiger partial charge on any atom is 0.263 e. The molecule has 0 saturated carbocycles. The minimum atomic E-state index is 0.0349. The number of carbonyl (C=O) groups excluding carboxylic acids is 2. The van der Waals surface area contributed by atoms with Gasteiger partial charge in [-0.2, -0.15) is 0 Å². The molecule has 0 bridgehead atoms. The van der Waals surface area contributed by atoms with Gasteiger partial charge in [-0.3, -0.25) is 9.59 Å². The second-order valence-corrected chi connectivity index (χ2v) is 7.60. The molecule has 0 unspecified atom stereocenters. The van der Waals surface area contributed by atoms with E-state index >= 15 is 0 Å². The van der Waals surface area contributed by atoms with Gasteiger partial charge in [-0.05, 0) is 37.8 Å². The van der Waals surface area contributed by atoms with Crippen molar-refractivity contribution in [3.63, 3.8) is 0 Å². The molecule has 0 N–H and O–H groups in total. The van der Waals surface area contributed by atoms with Crippen LogP contribution in [0.15, 0.2) is 36.4 Å². The lowest BCUT2D eigenvalue weighted by Gasteiger charge is -2.31. The van der Waals surface area contributed by atoms with Gasteiger partial charge in [-0.1, -0.05) is 37.3 Å². The molecule has 1 fully saturated rings. The highest BCUT2D eigenvalue weighted by Crippen LogP contribution is 2.27. The Hall–Kier alpha value is -1.94. The van der Waals surface area contributed by atoms with E-state index in [1.54, 1.807) is 11.3 Å². The standard InChI is InChI=1S/C20H23NO2S/c1-3-15-13-18(24-14(15)2)20(23)21-11-9-17(10-12-21)19(22)16-7-5-4-6-8-16/h4-8,13,17H,3,9-12H2,1-2H3. The molecular formula is C20H23NO2S. The van der Waals surface area contributed by atoms with Crippen LogP contribution in [-0.2, 0) is 6.42 Å². The molecule has 0 aliphatic carbocycles. The van der Waals surface area contributed by atoms with Crippen LogP contribution in [0.25, 0.3) is 0 Å². The molecule has 0 radical (unpaired) electrons. The Morgan fingerprint density at radius 3 is 2.42 bits per heavy atom. The number of carbonyl (C=O) groups is 2. The van der Waals surface area contributed by atoms with E-state index in [2.05, 4.69) is 13.8 Å². The molecule has 1 aromatic heterocycles. The molecule has 1 aliphatic heterocycles. The van der Waals surface area contributed by atoms with Gasteiger partial charge in [0.15, 0.2) is 5.78 Å². The minimum Gasteiger partial charge on any atom is -0.338 e. The fourth-order valence-corrected chi connectivity index (χ4v) is 4.40. The Morgan fingerprint density at radius 1 is 1.17 bits per heavy atom. The van der Waals surface area contributed by atoms with Gasteiger partial charge in [0.05, 0.1) is 4.88 Å². The van der Waals surface area contributed by atoms with Gasteiger partial charge in [0.2, 0.25) is 0 Å². The Kier molecular flexibility index (Phi) is 5.14. The Balaban J connectivity index is 1.62. The summed E-state index contributed by atoms with van der Waals surface area (Å²) in [5, 5.41) is 0. The largest absolute Gasteiger partial charge is 0.338 e. The number of thiophene rings is 1. The zero-order valence-corrected chi connectivity index (χ0v) is 15.1. The minimum absolute atomic E-state index is 0.0349. The average Bonchev–Trinajstić information content (AvgIpc) is 3.02. The maximum absolute atomic E-state index is 12.7. The molecule has 126 valence electrons. The van der Waals surface area contributed by atoms with E-state index in [4.69, 9.17) is 0 Å². The smallest absolute Gasteiger partial charge is 0.263 e. The fraction of sp³-hybridized carbons (Fsp3) is 0.400. The zero-order valence-electron chi connectivity index (χ0n) is 14.2. The second kappa shape index (κ2) is 7.31. The van der Waals surface area contributed by atoms with E-state index in [0.717, 1.165) is 29.7 Å². The third-order valence-electron chi connectivity index (χ3n) is 4.82. The number of piperidine rings is 1. The molecule has 0 spiro atoms. The van der Waals surface area contributed by atoms with Crippen LogP contribution in [0, 0.1) is 12.8 Å². The summed E-state index contributed by atoms with van der Waals surface area (Å²) in [6.07, 6.45) is 2.47. The van der Waals surface area contributed by atoms with Crippen LogP contribution >= 0.6 is 11.3 Å². The van der Waals surface area contributed by atoms with Crippen LogP contribution < -0.4 is 0 Å². The summed E-state index contributed by atoms with van der Waals surface area (Å²) in [5.41, 5.74) is 2.04. The van der Waals surface area contributed by atoms with E-state index in [0.29, 0.717) is 13.1 Å². The molecule has 0 atom stereocenters. The maximum atomic E-state index is 12.7. The summed E-state index contributed by atoms with van der Waals surface area (Å²) in [7, 11) is 0. The van der Waals surface area contributed by atoms with E-state index in [-0.39, 0.29) is 17.6 Å². The van der Waals surface area contributed by atoms with Crippen LogP contribution in [0.2, 0.25) is 0 Å². The number of benzene rings is 1. The van der Waals surface area contributed by atoms with Crippen molar-refractivity contribution in [3.8, 4) is 0 Å². The topological polar surface area (TPSA) is 37.4 Å². The first kappa shape index (κ1) is 16.9. The normalized spacial score (nSPS) is 15.5. The predicted molar refractivity (Wildman–Crippen MR) is 97.8 cm³/mol. The number of ketones is 1. The molecular weight excluding hydrogens is 318 g/mol. The van der Waals surface area contributed by atoms with Gasteiger partial charge < -0.3 is 4.90 Å². The third-order valence-corrected chi connectivity index (χ3v) is 5.90. The summed E-state index contributed by atoms with van der Waals surface area (Å²) >= 11 is 1.59. The van der Waals surface area contributed by atoms with Crippen molar-refractivity contribution in [2.45, 2.75) is 33.1 Å². The first-order valence-electron chi connectivity index (χ1n) is 8.58.